The van der Waals surface area contributed by atoms with Gasteiger partial charge in [0.25, 0.3) is 5.56 Å². The van der Waals surface area contributed by atoms with Crippen molar-refractivity contribution < 1.29 is 4.74 Å². The largest absolute Gasteiger partial charge is 0.493 e. The Morgan fingerprint density at radius 1 is 1.25 bits per heavy atom. The van der Waals surface area contributed by atoms with Crippen LogP contribution >= 0.6 is 0 Å². The SMILES string of the molecule is O=c1[nH]cnc2c1CCN(C[C@@H]1CCOc3ccccc3C1)CC2. The minimum Gasteiger partial charge on any atom is -0.493 e. The van der Waals surface area contributed by atoms with Crippen molar-refractivity contribution >= 4 is 0 Å². The molecule has 1 N–H and O–H groups in total. The van der Waals surface area contributed by atoms with Gasteiger partial charge in [-0.15, -0.1) is 0 Å². The Morgan fingerprint density at radius 3 is 3.08 bits per heavy atom. The quantitative estimate of drug-likeness (QED) is 0.915. The molecule has 5 nitrogen and oxygen atoms in total. The zero-order valence-corrected chi connectivity index (χ0v) is 13.8. The molecule has 24 heavy (non-hydrogen) atoms. The van der Waals surface area contributed by atoms with Gasteiger partial charge in [-0.1, -0.05) is 18.2 Å². The van der Waals surface area contributed by atoms with Crippen LogP contribution in [0.2, 0.25) is 0 Å². The third-order valence-corrected chi connectivity index (χ3v) is 5.16. The Hall–Kier alpha value is -2.14. The highest BCUT2D eigenvalue weighted by atomic mass is 16.5. The van der Waals surface area contributed by atoms with E-state index in [0.29, 0.717) is 5.92 Å². The van der Waals surface area contributed by atoms with Gasteiger partial charge in [0.2, 0.25) is 0 Å². The molecular formula is C19H23N3O2. The number of hydrogen-bond donors (Lipinski definition) is 1. The summed E-state index contributed by atoms with van der Waals surface area (Å²) in [5.41, 5.74) is 3.18. The van der Waals surface area contributed by atoms with Crippen molar-refractivity contribution in [1.29, 1.82) is 0 Å². The maximum absolute atomic E-state index is 12.0. The molecule has 0 unspecified atom stereocenters. The van der Waals surface area contributed by atoms with Gasteiger partial charge < -0.3 is 14.6 Å². The lowest BCUT2D eigenvalue weighted by molar-refractivity contribution is 0.216. The third kappa shape index (κ3) is 3.22. The van der Waals surface area contributed by atoms with Gasteiger partial charge in [0.15, 0.2) is 0 Å². The number of nitrogens with zero attached hydrogens (tertiary/aromatic N) is 2. The number of benzene rings is 1. The van der Waals surface area contributed by atoms with E-state index in [1.54, 1.807) is 0 Å². The van der Waals surface area contributed by atoms with E-state index in [-0.39, 0.29) is 5.56 Å². The van der Waals surface area contributed by atoms with Crippen molar-refractivity contribution in [1.82, 2.24) is 14.9 Å². The maximum atomic E-state index is 12.0. The first kappa shape index (κ1) is 15.4. The van der Waals surface area contributed by atoms with Crippen LogP contribution in [0.25, 0.3) is 0 Å². The molecule has 0 saturated heterocycles. The molecule has 1 aromatic heterocycles. The molecule has 0 amide bonds. The fraction of sp³-hybridized carbons (Fsp3) is 0.474. The van der Waals surface area contributed by atoms with Gasteiger partial charge in [-0.3, -0.25) is 4.79 Å². The summed E-state index contributed by atoms with van der Waals surface area (Å²) in [6, 6.07) is 8.37. The van der Waals surface area contributed by atoms with Gasteiger partial charge >= 0.3 is 0 Å². The van der Waals surface area contributed by atoms with Crippen LogP contribution in [0.1, 0.15) is 23.2 Å². The van der Waals surface area contributed by atoms with E-state index >= 15 is 0 Å². The molecule has 1 aromatic carbocycles. The van der Waals surface area contributed by atoms with Gasteiger partial charge in [0.1, 0.15) is 5.75 Å². The van der Waals surface area contributed by atoms with Crippen LogP contribution in [0.4, 0.5) is 0 Å². The highest BCUT2D eigenvalue weighted by molar-refractivity contribution is 5.34. The molecule has 5 heteroatoms. The molecular weight excluding hydrogens is 302 g/mol. The lowest BCUT2D eigenvalue weighted by Crippen LogP contribution is -2.33. The van der Waals surface area contributed by atoms with Gasteiger partial charge in [-0.25, -0.2) is 4.98 Å². The number of fused-ring (bicyclic) bond motifs is 2. The van der Waals surface area contributed by atoms with Crippen LogP contribution in [-0.2, 0) is 19.3 Å². The number of aromatic nitrogens is 2. The number of hydrogen-bond acceptors (Lipinski definition) is 4. The van der Waals surface area contributed by atoms with E-state index in [9.17, 15) is 4.79 Å². The van der Waals surface area contributed by atoms with Crippen molar-refractivity contribution in [3.8, 4) is 5.75 Å². The predicted octanol–water partition coefficient (Wildman–Crippen LogP) is 1.81. The molecule has 4 rings (SSSR count). The molecule has 3 heterocycles. The predicted molar refractivity (Wildman–Crippen MR) is 92.5 cm³/mol. The number of para-hydroxylation sites is 1. The van der Waals surface area contributed by atoms with Crippen LogP contribution in [0, 0.1) is 5.92 Å². The van der Waals surface area contributed by atoms with Gasteiger partial charge in [0.05, 0.1) is 18.6 Å². The molecule has 0 aliphatic carbocycles. The normalized spacial score (nSPS) is 21.1. The summed E-state index contributed by atoms with van der Waals surface area (Å²) < 4.78 is 5.88. The lowest BCUT2D eigenvalue weighted by Gasteiger charge is -2.25. The number of H-pyrrole nitrogens is 1. The van der Waals surface area contributed by atoms with Crippen LogP contribution in [0.5, 0.6) is 5.75 Å². The summed E-state index contributed by atoms with van der Waals surface area (Å²) in [6.07, 6.45) is 5.32. The molecule has 0 radical (unpaired) electrons. The summed E-state index contributed by atoms with van der Waals surface area (Å²) in [5.74, 6) is 1.64. The summed E-state index contributed by atoms with van der Waals surface area (Å²) in [6.45, 7) is 3.75. The number of aromatic amines is 1. The summed E-state index contributed by atoms with van der Waals surface area (Å²) in [4.78, 5) is 21.5. The van der Waals surface area contributed by atoms with Crippen LogP contribution in [-0.4, -0.2) is 41.1 Å². The van der Waals surface area contributed by atoms with Crippen molar-refractivity contribution in [3.63, 3.8) is 0 Å². The summed E-state index contributed by atoms with van der Waals surface area (Å²) in [5, 5.41) is 0. The van der Waals surface area contributed by atoms with E-state index in [1.807, 2.05) is 6.07 Å². The lowest BCUT2D eigenvalue weighted by atomic mass is 9.96. The van der Waals surface area contributed by atoms with Crippen molar-refractivity contribution in [2.24, 2.45) is 5.92 Å². The first-order valence-electron chi connectivity index (χ1n) is 8.78. The average Bonchev–Trinajstić information content (AvgIpc) is 2.92. The topological polar surface area (TPSA) is 58.2 Å². The smallest absolute Gasteiger partial charge is 0.254 e. The second-order valence-electron chi connectivity index (χ2n) is 6.77. The van der Waals surface area contributed by atoms with E-state index < -0.39 is 0 Å². The van der Waals surface area contributed by atoms with Gasteiger partial charge in [0, 0.05) is 31.6 Å². The number of rotatable bonds is 2. The Balaban J connectivity index is 1.43. The Labute approximate surface area is 141 Å². The molecule has 1 atom stereocenters. The molecule has 0 bridgehead atoms. The average molecular weight is 325 g/mol. The van der Waals surface area contributed by atoms with Crippen molar-refractivity contribution in [2.45, 2.75) is 25.7 Å². The second-order valence-corrected chi connectivity index (χ2v) is 6.77. The second kappa shape index (κ2) is 6.77. The maximum Gasteiger partial charge on any atom is 0.254 e. The van der Waals surface area contributed by atoms with E-state index in [4.69, 9.17) is 4.74 Å². The van der Waals surface area contributed by atoms with E-state index in [0.717, 1.165) is 68.9 Å². The molecule has 0 spiro atoms. The Bertz CT molecular complexity index is 771. The number of nitrogens with one attached hydrogen (secondary N) is 1. The van der Waals surface area contributed by atoms with Crippen molar-refractivity contribution in [3.05, 3.63) is 57.8 Å². The zero-order valence-electron chi connectivity index (χ0n) is 13.8. The summed E-state index contributed by atoms with van der Waals surface area (Å²) >= 11 is 0. The molecule has 2 aliphatic rings. The standard InChI is InChI=1S/C19H23N3O2/c23-19-16-5-8-22(9-6-17(16)20-13-21-19)12-14-7-10-24-18-4-2-1-3-15(18)11-14/h1-4,13-14H,5-12H2,(H,20,21,23)/t14-/m1/s1. The first-order valence-corrected chi connectivity index (χ1v) is 8.78. The fourth-order valence-corrected chi connectivity index (χ4v) is 3.85. The number of ether oxygens (including phenoxy) is 1. The highest BCUT2D eigenvalue weighted by Gasteiger charge is 2.22. The Kier molecular flexibility index (Phi) is 4.34. The minimum absolute atomic E-state index is 0.0265. The fourth-order valence-electron chi connectivity index (χ4n) is 3.85. The molecule has 0 fully saturated rings. The summed E-state index contributed by atoms with van der Waals surface area (Å²) in [7, 11) is 0. The molecule has 2 aromatic rings. The Morgan fingerprint density at radius 2 is 2.12 bits per heavy atom. The molecule has 0 saturated carbocycles. The van der Waals surface area contributed by atoms with E-state index in [1.165, 1.54) is 11.9 Å². The zero-order chi connectivity index (χ0) is 16.4. The van der Waals surface area contributed by atoms with Crippen LogP contribution < -0.4 is 10.3 Å². The molecule has 2 aliphatic heterocycles. The van der Waals surface area contributed by atoms with Gasteiger partial charge in [-0.05, 0) is 36.8 Å². The third-order valence-electron chi connectivity index (χ3n) is 5.16. The van der Waals surface area contributed by atoms with Crippen LogP contribution in [0.15, 0.2) is 35.4 Å². The van der Waals surface area contributed by atoms with E-state index in [2.05, 4.69) is 33.1 Å². The first-order chi connectivity index (χ1) is 11.8. The van der Waals surface area contributed by atoms with Gasteiger partial charge in [-0.2, -0.15) is 0 Å². The van der Waals surface area contributed by atoms with Crippen LogP contribution in [0.3, 0.4) is 0 Å². The molecule has 126 valence electrons. The minimum atomic E-state index is 0.0265. The monoisotopic (exact) mass is 325 g/mol. The van der Waals surface area contributed by atoms with Crippen molar-refractivity contribution in [2.75, 3.05) is 26.2 Å². The highest BCUT2D eigenvalue weighted by Crippen LogP contribution is 2.27.